The van der Waals surface area contributed by atoms with E-state index in [0.29, 0.717) is 55.5 Å². The van der Waals surface area contributed by atoms with Crippen molar-refractivity contribution in [3.8, 4) is 28.6 Å². The summed E-state index contributed by atoms with van der Waals surface area (Å²) in [4.78, 5) is 12.5. The molecule has 33 heavy (non-hydrogen) atoms. The van der Waals surface area contributed by atoms with Crippen molar-refractivity contribution in [2.75, 3.05) is 32.4 Å². The average molecular weight is 532 g/mol. The molecule has 0 fully saturated rings. The second-order valence-corrected chi connectivity index (χ2v) is 8.71. The van der Waals surface area contributed by atoms with Crippen molar-refractivity contribution < 1.29 is 19.0 Å². The number of methoxy groups -OCH3 is 3. The van der Waals surface area contributed by atoms with Gasteiger partial charge in [0.2, 0.25) is 11.7 Å². The van der Waals surface area contributed by atoms with Crippen LogP contribution in [0.2, 0.25) is 15.1 Å². The average Bonchev–Trinajstić information content (AvgIpc) is 3.23. The first-order valence-electron chi connectivity index (χ1n) is 9.63. The lowest BCUT2D eigenvalue weighted by molar-refractivity contribution is -0.113. The van der Waals surface area contributed by atoms with Crippen LogP contribution in [-0.4, -0.2) is 47.8 Å². The number of thioether (sulfide) groups is 1. The lowest BCUT2D eigenvalue weighted by atomic mass is 10.1. The van der Waals surface area contributed by atoms with E-state index in [9.17, 15) is 4.79 Å². The van der Waals surface area contributed by atoms with Crippen LogP contribution < -0.4 is 19.5 Å². The minimum atomic E-state index is -0.278. The summed E-state index contributed by atoms with van der Waals surface area (Å²) >= 11 is 19.3. The molecule has 0 saturated heterocycles. The van der Waals surface area contributed by atoms with E-state index in [1.165, 1.54) is 23.9 Å². The molecule has 0 aliphatic carbocycles. The van der Waals surface area contributed by atoms with Gasteiger partial charge in [-0.05, 0) is 31.2 Å². The van der Waals surface area contributed by atoms with Crippen molar-refractivity contribution in [2.45, 2.75) is 18.6 Å². The van der Waals surface area contributed by atoms with Gasteiger partial charge in [-0.3, -0.25) is 4.79 Å². The van der Waals surface area contributed by atoms with Crippen molar-refractivity contribution in [3.63, 3.8) is 0 Å². The summed E-state index contributed by atoms with van der Waals surface area (Å²) in [6.45, 7) is 2.55. The number of rotatable bonds is 9. The Hall–Kier alpha value is -2.33. The number of nitrogens with one attached hydrogen (secondary N) is 1. The molecule has 0 bridgehead atoms. The Balaban J connectivity index is 1.80. The Bertz CT molecular complexity index is 1150. The molecule has 0 saturated carbocycles. The number of hydrogen-bond acceptors (Lipinski definition) is 7. The van der Waals surface area contributed by atoms with E-state index in [0.717, 1.165) is 5.56 Å². The molecule has 1 aromatic heterocycles. The molecule has 0 spiro atoms. The fourth-order valence-electron chi connectivity index (χ4n) is 3.04. The quantitative estimate of drug-likeness (QED) is 0.281. The van der Waals surface area contributed by atoms with Gasteiger partial charge in [0, 0.05) is 12.1 Å². The first-order valence-corrected chi connectivity index (χ1v) is 11.8. The molecular formula is C21H21Cl3N4O4S. The Morgan fingerprint density at radius 3 is 2.18 bits per heavy atom. The van der Waals surface area contributed by atoms with E-state index in [-0.39, 0.29) is 11.7 Å². The molecule has 1 heterocycles. The molecule has 2 aromatic carbocycles. The Kier molecular flexibility index (Phi) is 8.58. The highest BCUT2D eigenvalue weighted by Gasteiger charge is 2.20. The number of nitrogens with zero attached hydrogens (tertiary/aromatic N) is 3. The van der Waals surface area contributed by atoms with Gasteiger partial charge in [0.05, 0.1) is 47.8 Å². The van der Waals surface area contributed by atoms with E-state index in [4.69, 9.17) is 49.0 Å². The zero-order chi connectivity index (χ0) is 24.1. The van der Waals surface area contributed by atoms with Gasteiger partial charge in [0.25, 0.3) is 0 Å². The van der Waals surface area contributed by atoms with Crippen LogP contribution in [0.15, 0.2) is 29.4 Å². The predicted molar refractivity (Wildman–Crippen MR) is 132 cm³/mol. The van der Waals surface area contributed by atoms with E-state index >= 15 is 0 Å². The maximum Gasteiger partial charge on any atom is 0.234 e. The number of amides is 1. The minimum absolute atomic E-state index is 0.0873. The summed E-state index contributed by atoms with van der Waals surface area (Å²) in [5, 5.41) is 12.8. The highest BCUT2D eigenvalue weighted by molar-refractivity contribution is 7.99. The van der Waals surface area contributed by atoms with Crippen molar-refractivity contribution in [2.24, 2.45) is 0 Å². The number of ether oxygens (including phenoxy) is 3. The number of carbonyl (C=O) groups excluding carboxylic acids is 1. The van der Waals surface area contributed by atoms with Gasteiger partial charge in [0.1, 0.15) is 0 Å². The third-order valence-corrected chi connectivity index (χ3v) is 6.57. The monoisotopic (exact) mass is 530 g/mol. The maximum atomic E-state index is 12.5. The summed E-state index contributed by atoms with van der Waals surface area (Å²) in [5.74, 6) is 1.91. The molecule has 0 aliphatic rings. The van der Waals surface area contributed by atoms with Crippen LogP contribution in [0.4, 0.5) is 5.69 Å². The van der Waals surface area contributed by atoms with Gasteiger partial charge in [-0.2, -0.15) is 0 Å². The molecule has 3 aromatic rings. The number of benzene rings is 2. The molecule has 0 aliphatic heterocycles. The van der Waals surface area contributed by atoms with Crippen LogP contribution in [0.25, 0.3) is 11.4 Å². The second-order valence-electron chi connectivity index (χ2n) is 6.55. The van der Waals surface area contributed by atoms with Gasteiger partial charge >= 0.3 is 0 Å². The van der Waals surface area contributed by atoms with E-state index in [2.05, 4.69) is 15.5 Å². The van der Waals surface area contributed by atoms with Crippen LogP contribution >= 0.6 is 46.6 Å². The molecule has 1 N–H and O–H groups in total. The minimum Gasteiger partial charge on any atom is -0.493 e. The van der Waals surface area contributed by atoms with Gasteiger partial charge in [-0.1, -0.05) is 46.6 Å². The summed E-state index contributed by atoms with van der Waals surface area (Å²) in [7, 11) is 4.64. The third kappa shape index (κ3) is 5.60. The van der Waals surface area contributed by atoms with Crippen molar-refractivity contribution >= 4 is 58.2 Å². The molecule has 1 amide bonds. The summed E-state index contributed by atoms with van der Waals surface area (Å²) < 4.78 is 18.1. The van der Waals surface area contributed by atoms with E-state index in [1.54, 1.807) is 33.5 Å². The zero-order valence-electron chi connectivity index (χ0n) is 18.2. The first kappa shape index (κ1) is 25.3. The fraction of sp³-hybridized carbons (Fsp3) is 0.286. The number of halogens is 3. The smallest absolute Gasteiger partial charge is 0.234 e. The van der Waals surface area contributed by atoms with E-state index in [1.807, 2.05) is 11.5 Å². The maximum absolute atomic E-state index is 12.5. The molecule has 0 atom stereocenters. The second kappa shape index (κ2) is 11.2. The third-order valence-electron chi connectivity index (χ3n) is 4.57. The highest BCUT2D eigenvalue weighted by atomic mass is 35.5. The van der Waals surface area contributed by atoms with Crippen LogP contribution in [-0.2, 0) is 11.3 Å². The molecule has 12 heteroatoms. The topological polar surface area (TPSA) is 87.5 Å². The number of carbonyl (C=O) groups is 1. The Morgan fingerprint density at radius 1 is 0.970 bits per heavy atom. The van der Waals surface area contributed by atoms with Crippen molar-refractivity contribution in [3.05, 3.63) is 39.3 Å². The predicted octanol–water partition coefficient (Wildman–Crippen LogP) is 5.68. The highest BCUT2D eigenvalue weighted by Crippen LogP contribution is 2.41. The van der Waals surface area contributed by atoms with Crippen LogP contribution in [0.1, 0.15) is 6.92 Å². The number of aromatic nitrogens is 3. The fourth-order valence-corrected chi connectivity index (χ4v) is 4.44. The van der Waals surface area contributed by atoms with Crippen LogP contribution in [0.5, 0.6) is 17.2 Å². The number of hydrogen-bond donors (Lipinski definition) is 1. The largest absolute Gasteiger partial charge is 0.493 e. The number of anilines is 1. The normalized spacial score (nSPS) is 10.8. The summed E-state index contributed by atoms with van der Waals surface area (Å²) in [5.41, 5.74) is 1.12. The van der Waals surface area contributed by atoms with Gasteiger partial charge in [-0.25, -0.2) is 0 Å². The SMILES string of the molecule is CCn1c(SCC(=O)Nc2cc(Cl)c(Cl)cc2Cl)nnc1-c1cc(OC)c(OC)c(OC)c1. The standard InChI is InChI=1S/C21H21Cl3N4O4S/c1-5-28-20(11-6-16(30-2)19(32-4)17(7-11)31-3)26-27-21(28)33-10-18(29)25-15-9-13(23)12(22)8-14(15)24/h6-9H,5,10H2,1-4H3,(H,25,29). The molecule has 0 unspecified atom stereocenters. The Labute approximate surface area is 210 Å². The molecular weight excluding hydrogens is 511 g/mol. The lowest BCUT2D eigenvalue weighted by Gasteiger charge is -2.14. The van der Waals surface area contributed by atoms with Crippen LogP contribution in [0, 0.1) is 0 Å². The van der Waals surface area contributed by atoms with Gasteiger partial charge < -0.3 is 24.1 Å². The molecule has 3 rings (SSSR count). The lowest BCUT2D eigenvalue weighted by Crippen LogP contribution is -2.15. The molecule has 176 valence electrons. The van der Waals surface area contributed by atoms with Crippen molar-refractivity contribution in [1.82, 2.24) is 14.8 Å². The molecule has 8 nitrogen and oxygen atoms in total. The molecule has 0 radical (unpaired) electrons. The van der Waals surface area contributed by atoms with Crippen molar-refractivity contribution in [1.29, 1.82) is 0 Å². The van der Waals surface area contributed by atoms with E-state index < -0.39 is 0 Å². The Morgan fingerprint density at radius 2 is 1.61 bits per heavy atom. The zero-order valence-corrected chi connectivity index (χ0v) is 21.3. The van der Waals surface area contributed by atoms with Crippen LogP contribution in [0.3, 0.4) is 0 Å². The van der Waals surface area contributed by atoms with Gasteiger partial charge in [-0.15, -0.1) is 10.2 Å². The van der Waals surface area contributed by atoms with Gasteiger partial charge in [0.15, 0.2) is 22.5 Å². The summed E-state index contributed by atoms with van der Waals surface area (Å²) in [6, 6.07) is 6.58. The first-order chi connectivity index (χ1) is 15.8. The summed E-state index contributed by atoms with van der Waals surface area (Å²) in [6.07, 6.45) is 0.